The fourth-order valence-corrected chi connectivity index (χ4v) is 3.00. The van der Waals surface area contributed by atoms with Crippen LogP contribution in [0.1, 0.15) is 33.5 Å². The van der Waals surface area contributed by atoms with Crippen molar-refractivity contribution in [2.45, 2.75) is 43.5 Å². The maximum atomic E-state index is 12.3. The number of nitrogens with one attached hydrogen (secondary N) is 1. The topological polar surface area (TPSA) is 98.7 Å². The van der Waals surface area contributed by atoms with Crippen LogP contribution in [0, 0.1) is 0 Å². The number of hydrogen-bond acceptors (Lipinski definition) is 6. The largest absolute Gasteiger partial charge is 0.336 e. The van der Waals surface area contributed by atoms with Crippen LogP contribution in [0.4, 0.5) is 5.82 Å². The molecule has 2 rings (SSSR count). The highest BCUT2D eigenvalue weighted by atomic mass is 35.5. The predicted octanol–water partition coefficient (Wildman–Crippen LogP) is 3.11. The van der Waals surface area contributed by atoms with Crippen LogP contribution in [0.15, 0.2) is 17.4 Å². The summed E-state index contributed by atoms with van der Waals surface area (Å²) in [6, 6.07) is 1.51. The molecule has 0 fully saturated rings. The van der Waals surface area contributed by atoms with Crippen molar-refractivity contribution in [3.63, 3.8) is 0 Å². The third-order valence-corrected chi connectivity index (χ3v) is 4.59. The van der Waals surface area contributed by atoms with Gasteiger partial charge in [-0.05, 0) is 13.0 Å². The first-order chi connectivity index (χ1) is 11.1. The molecule has 10 heteroatoms. The molecular formula is C14H18Cl2N6OS. The number of nitrogens with zero attached hydrogens (tertiary/aromatic N) is 4. The number of amides is 1. The summed E-state index contributed by atoms with van der Waals surface area (Å²) in [5.41, 5.74) is -0.243. The number of thioether (sulfide) groups is 1. The molecule has 0 saturated heterocycles. The first-order valence-corrected chi connectivity index (χ1v) is 8.72. The fourth-order valence-electron chi connectivity index (χ4n) is 1.81. The summed E-state index contributed by atoms with van der Waals surface area (Å²) < 4.78 is 1.40. The van der Waals surface area contributed by atoms with E-state index in [1.807, 2.05) is 20.8 Å². The summed E-state index contributed by atoms with van der Waals surface area (Å²) >= 11 is 13.0. The SMILES string of the molecule is CC(Sc1nnc(C(C)(C)C)n1N)C(=O)Nc1ncc(Cl)cc1Cl. The van der Waals surface area contributed by atoms with E-state index < -0.39 is 5.25 Å². The van der Waals surface area contributed by atoms with Crippen LogP contribution in [-0.4, -0.2) is 31.0 Å². The normalized spacial score (nSPS) is 12.9. The molecule has 24 heavy (non-hydrogen) atoms. The molecule has 130 valence electrons. The van der Waals surface area contributed by atoms with E-state index in [1.165, 1.54) is 28.7 Å². The molecule has 2 heterocycles. The highest BCUT2D eigenvalue weighted by molar-refractivity contribution is 8.00. The highest BCUT2D eigenvalue weighted by Gasteiger charge is 2.25. The zero-order valence-electron chi connectivity index (χ0n) is 13.7. The molecule has 0 spiro atoms. The van der Waals surface area contributed by atoms with Crippen molar-refractivity contribution in [3.05, 3.63) is 28.1 Å². The lowest BCUT2D eigenvalue weighted by molar-refractivity contribution is -0.115. The maximum absolute atomic E-state index is 12.3. The molecule has 0 bridgehead atoms. The number of anilines is 1. The van der Waals surface area contributed by atoms with Gasteiger partial charge in [0.2, 0.25) is 11.1 Å². The number of carbonyl (C=O) groups excluding carboxylic acids is 1. The van der Waals surface area contributed by atoms with Crippen LogP contribution in [-0.2, 0) is 10.2 Å². The Balaban J connectivity index is 2.08. The Hall–Kier alpha value is -1.51. The van der Waals surface area contributed by atoms with Crippen LogP contribution in [0.25, 0.3) is 0 Å². The zero-order chi connectivity index (χ0) is 18.1. The molecule has 0 saturated carbocycles. The third kappa shape index (κ3) is 4.31. The Morgan fingerprint density at radius 3 is 2.58 bits per heavy atom. The van der Waals surface area contributed by atoms with Crippen LogP contribution in [0.5, 0.6) is 0 Å². The van der Waals surface area contributed by atoms with Gasteiger partial charge < -0.3 is 11.2 Å². The Kier molecular flexibility index (Phi) is 5.62. The minimum absolute atomic E-state index is 0.243. The number of pyridine rings is 1. The smallest absolute Gasteiger partial charge is 0.238 e. The van der Waals surface area contributed by atoms with Gasteiger partial charge in [0.15, 0.2) is 11.6 Å². The molecule has 0 radical (unpaired) electrons. The number of nitrogens with two attached hydrogens (primary N) is 1. The zero-order valence-corrected chi connectivity index (χ0v) is 16.0. The number of rotatable bonds is 4. The Morgan fingerprint density at radius 1 is 1.38 bits per heavy atom. The molecule has 1 unspecified atom stereocenters. The molecular weight excluding hydrogens is 371 g/mol. The summed E-state index contributed by atoms with van der Waals surface area (Å²) in [5.74, 6) is 6.63. The number of halogens is 2. The molecule has 0 aliphatic heterocycles. The van der Waals surface area contributed by atoms with E-state index in [-0.39, 0.29) is 22.2 Å². The summed E-state index contributed by atoms with van der Waals surface area (Å²) in [6.07, 6.45) is 1.41. The minimum Gasteiger partial charge on any atom is -0.336 e. The van der Waals surface area contributed by atoms with Crippen LogP contribution in [0.2, 0.25) is 10.0 Å². The second kappa shape index (κ2) is 7.16. The summed E-state index contributed by atoms with van der Waals surface area (Å²) in [7, 11) is 0. The van der Waals surface area contributed by atoms with E-state index in [0.29, 0.717) is 16.0 Å². The maximum Gasteiger partial charge on any atom is 0.238 e. The van der Waals surface area contributed by atoms with Crippen molar-refractivity contribution in [1.29, 1.82) is 0 Å². The van der Waals surface area contributed by atoms with Gasteiger partial charge in [-0.1, -0.05) is 55.7 Å². The van der Waals surface area contributed by atoms with Gasteiger partial charge in [0, 0.05) is 11.6 Å². The number of nitrogen functional groups attached to an aromatic ring is 1. The first kappa shape index (κ1) is 18.8. The molecule has 2 aromatic heterocycles. The van der Waals surface area contributed by atoms with E-state index >= 15 is 0 Å². The lowest BCUT2D eigenvalue weighted by Gasteiger charge is -2.17. The van der Waals surface area contributed by atoms with E-state index in [4.69, 9.17) is 29.0 Å². The lowest BCUT2D eigenvalue weighted by atomic mass is 9.96. The lowest BCUT2D eigenvalue weighted by Crippen LogP contribution is -2.26. The average molecular weight is 389 g/mol. The molecule has 2 aromatic rings. The Labute approximate surface area is 154 Å². The van der Waals surface area contributed by atoms with Crippen molar-refractivity contribution in [2.24, 2.45) is 0 Å². The molecule has 0 aliphatic carbocycles. The van der Waals surface area contributed by atoms with Crippen LogP contribution < -0.4 is 11.2 Å². The molecule has 1 amide bonds. The summed E-state index contributed by atoms with van der Waals surface area (Å²) in [5, 5.41) is 11.4. The minimum atomic E-state index is -0.474. The molecule has 3 N–H and O–H groups in total. The Bertz CT molecular complexity index is 758. The van der Waals surface area contributed by atoms with E-state index in [9.17, 15) is 4.79 Å². The molecule has 1 atom stereocenters. The second-order valence-corrected chi connectivity index (χ2v) is 8.31. The Morgan fingerprint density at radius 2 is 2.04 bits per heavy atom. The van der Waals surface area contributed by atoms with E-state index in [2.05, 4.69) is 20.5 Å². The van der Waals surface area contributed by atoms with Crippen molar-refractivity contribution >= 4 is 46.7 Å². The molecule has 7 nitrogen and oxygen atoms in total. The van der Waals surface area contributed by atoms with E-state index in [1.54, 1.807) is 6.92 Å². The van der Waals surface area contributed by atoms with Gasteiger partial charge in [0.25, 0.3) is 0 Å². The van der Waals surface area contributed by atoms with Gasteiger partial charge in [0.05, 0.1) is 15.3 Å². The number of aromatic nitrogens is 4. The van der Waals surface area contributed by atoms with Crippen molar-refractivity contribution in [2.75, 3.05) is 11.2 Å². The van der Waals surface area contributed by atoms with Gasteiger partial charge in [0.1, 0.15) is 0 Å². The van der Waals surface area contributed by atoms with Crippen LogP contribution in [0.3, 0.4) is 0 Å². The van der Waals surface area contributed by atoms with Gasteiger partial charge in [-0.25, -0.2) is 9.66 Å². The van der Waals surface area contributed by atoms with Crippen LogP contribution >= 0.6 is 35.0 Å². The first-order valence-electron chi connectivity index (χ1n) is 7.09. The van der Waals surface area contributed by atoms with Gasteiger partial charge >= 0.3 is 0 Å². The molecule has 0 aliphatic rings. The highest BCUT2D eigenvalue weighted by Crippen LogP contribution is 2.27. The number of carbonyl (C=O) groups is 1. The van der Waals surface area contributed by atoms with E-state index in [0.717, 1.165) is 0 Å². The predicted molar refractivity (Wildman–Crippen MR) is 97.1 cm³/mol. The third-order valence-electron chi connectivity index (χ3n) is 3.04. The molecule has 0 aromatic carbocycles. The average Bonchev–Trinajstić information content (AvgIpc) is 2.83. The summed E-state index contributed by atoms with van der Waals surface area (Å²) in [4.78, 5) is 16.3. The van der Waals surface area contributed by atoms with Crippen molar-refractivity contribution in [1.82, 2.24) is 19.9 Å². The monoisotopic (exact) mass is 388 g/mol. The number of hydrogen-bond donors (Lipinski definition) is 2. The van der Waals surface area contributed by atoms with Crippen molar-refractivity contribution < 1.29 is 4.79 Å². The van der Waals surface area contributed by atoms with Gasteiger partial charge in [-0.3, -0.25) is 4.79 Å². The second-order valence-electron chi connectivity index (χ2n) is 6.16. The summed E-state index contributed by atoms with van der Waals surface area (Å²) in [6.45, 7) is 7.69. The fraction of sp³-hybridized carbons (Fsp3) is 0.429. The quantitative estimate of drug-likeness (QED) is 0.616. The standard InChI is InChI=1S/C14H18Cl2N6OS/c1-7(11(23)19-10-9(16)5-8(15)6-18-10)24-13-21-20-12(22(13)17)14(2,3)4/h5-7H,17H2,1-4H3,(H,18,19,23). The van der Waals surface area contributed by atoms with Crippen molar-refractivity contribution in [3.8, 4) is 0 Å². The van der Waals surface area contributed by atoms with Gasteiger partial charge in [-0.2, -0.15) is 0 Å². The van der Waals surface area contributed by atoms with Gasteiger partial charge in [-0.15, -0.1) is 10.2 Å².